The Bertz CT molecular complexity index is 1070. The number of aromatic amines is 1. The van der Waals surface area contributed by atoms with Gasteiger partial charge in [0.25, 0.3) is 11.5 Å². The summed E-state index contributed by atoms with van der Waals surface area (Å²) >= 11 is 0. The largest absolute Gasteiger partial charge is 0.497 e. The van der Waals surface area contributed by atoms with Crippen molar-refractivity contribution in [2.75, 3.05) is 25.7 Å². The molecule has 2 aromatic carbocycles. The van der Waals surface area contributed by atoms with Crippen LogP contribution in [0.1, 0.15) is 16.7 Å². The molecule has 0 atom stereocenters. The van der Waals surface area contributed by atoms with Crippen LogP contribution in [0.3, 0.4) is 0 Å². The normalized spacial score (nSPS) is 10.9. The van der Waals surface area contributed by atoms with Crippen LogP contribution in [-0.4, -0.2) is 31.7 Å². The van der Waals surface area contributed by atoms with Crippen molar-refractivity contribution in [2.24, 2.45) is 0 Å². The zero-order valence-corrected chi connectivity index (χ0v) is 16.5. The maximum atomic E-state index is 12.7. The standard InChI is InChI=1S/C22H24N2O4/c1-14-6-5-7-20(15(14)2)24(21(25)13-27-3)12-17-10-16-8-9-18(28-4)11-19(16)23-22(17)26/h5-11H,12-13H2,1-4H3,(H,23,26). The summed E-state index contributed by atoms with van der Waals surface area (Å²) in [5, 5.41) is 0.871. The molecule has 0 aliphatic rings. The van der Waals surface area contributed by atoms with E-state index in [1.807, 2.05) is 50.2 Å². The molecule has 0 saturated carbocycles. The van der Waals surface area contributed by atoms with Crippen molar-refractivity contribution >= 4 is 22.5 Å². The Morgan fingerprint density at radius 2 is 1.89 bits per heavy atom. The summed E-state index contributed by atoms with van der Waals surface area (Å²) in [5.41, 5.74) is 3.80. The predicted octanol–water partition coefficient (Wildman–Crippen LogP) is 3.33. The Morgan fingerprint density at radius 1 is 1.11 bits per heavy atom. The number of nitrogens with zero attached hydrogens (tertiary/aromatic N) is 1. The van der Waals surface area contributed by atoms with Gasteiger partial charge in [-0.05, 0) is 54.6 Å². The van der Waals surface area contributed by atoms with Gasteiger partial charge in [-0.15, -0.1) is 0 Å². The molecule has 6 nitrogen and oxygen atoms in total. The van der Waals surface area contributed by atoms with Crippen molar-refractivity contribution in [3.63, 3.8) is 0 Å². The van der Waals surface area contributed by atoms with E-state index in [0.29, 0.717) is 16.8 Å². The van der Waals surface area contributed by atoms with E-state index in [9.17, 15) is 9.59 Å². The second kappa shape index (κ2) is 8.27. The molecule has 28 heavy (non-hydrogen) atoms. The van der Waals surface area contributed by atoms with Crippen LogP contribution < -0.4 is 15.2 Å². The molecule has 0 spiro atoms. The molecule has 1 N–H and O–H groups in total. The summed E-state index contributed by atoms with van der Waals surface area (Å²) < 4.78 is 10.3. The van der Waals surface area contributed by atoms with E-state index in [0.717, 1.165) is 22.2 Å². The third-order valence-electron chi connectivity index (χ3n) is 4.89. The third-order valence-corrected chi connectivity index (χ3v) is 4.89. The molecule has 3 aromatic rings. The van der Waals surface area contributed by atoms with Crippen LogP contribution in [0.5, 0.6) is 5.75 Å². The highest BCUT2D eigenvalue weighted by molar-refractivity contribution is 5.95. The minimum atomic E-state index is -0.235. The molecule has 0 aliphatic heterocycles. The van der Waals surface area contributed by atoms with Crippen LogP contribution in [0.25, 0.3) is 10.9 Å². The van der Waals surface area contributed by atoms with Crippen LogP contribution in [-0.2, 0) is 16.1 Å². The van der Waals surface area contributed by atoms with Gasteiger partial charge in [0, 0.05) is 24.4 Å². The first kappa shape index (κ1) is 19.6. The number of rotatable bonds is 6. The van der Waals surface area contributed by atoms with E-state index in [1.165, 1.54) is 7.11 Å². The van der Waals surface area contributed by atoms with Crippen molar-refractivity contribution in [1.82, 2.24) is 4.98 Å². The topological polar surface area (TPSA) is 71.6 Å². The number of nitrogens with one attached hydrogen (secondary N) is 1. The van der Waals surface area contributed by atoms with Gasteiger partial charge in [0.15, 0.2) is 0 Å². The highest BCUT2D eigenvalue weighted by atomic mass is 16.5. The molecule has 1 heterocycles. The van der Waals surface area contributed by atoms with Gasteiger partial charge >= 0.3 is 0 Å². The van der Waals surface area contributed by atoms with Gasteiger partial charge < -0.3 is 19.4 Å². The van der Waals surface area contributed by atoms with Gasteiger partial charge in [0.1, 0.15) is 12.4 Å². The van der Waals surface area contributed by atoms with Crippen molar-refractivity contribution in [1.29, 1.82) is 0 Å². The monoisotopic (exact) mass is 380 g/mol. The Labute approximate surface area is 163 Å². The Kier molecular flexibility index (Phi) is 5.80. The highest BCUT2D eigenvalue weighted by Crippen LogP contribution is 2.25. The fourth-order valence-electron chi connectivity index (χ4n) is 3.18. The fraction of sp³-hybridized carbons (Fsp3) is 0.273. The van der Waals surface area contributed by atoms with Crippen molar-refractivity contribution in [2.45, 2.75) is 20.4 Å². The zero-order valence-electron chi connectivity index (χ0n) is 16.5. The maximum absolute atomic E-state index is 12.7. The van der Waals surface area contributed by atoms with E-state index >= 15 is 0 Å². The number of benzene rings is 2. The summed E-state index contributed by atoms with van der Waals surface area (Å²) in [4.78, 5) is 29.9. The number of pyridine rings is 1. The molecule has 3 rings (SSSR count). The van der Waals surface area contributed by atoms with Crippen molar-refractivity contribution < 1.29 is 14.3 Å². The first-order chi connectivity index (χ1) is 13.4. The number of fused-ring (bicyclic) bond motifs is 1. The number of methoxy groups -OCH3 is 2. The Hall–Kier alpha value is -3.12. The fourth-order valence-corrected chi connectivity index (χ4v) is 3.18. The number of ether oxygens (including phenoxy) is 2. The molecule has 0 fully saturated rings. The number of hydrogen-bond acceptors (Lipinski definition) is 4. The number of H-pyrrole nitrogens is 1. The lowest BCUT2D eigenvalue weighted by atomic mass is 10.1. The smallest absolute Gasteiger partial charge is 0.253 e. The van der Waals surface area contributed by atoms with E-state index < -0.39 is 0 Å². The highest BCUT2D eigenvalue weighted by Gasteiger charge is 2.20. The predicted molar refractivity (Wildman–Crippen MR) is 110 cm³/mol. The molecular formula is C22H24N2O4. The summed E-state index contributed by atoms with van der Waals surface area (Å²) in [6.45, 7) is 4.06. The number of anilines is 1. The van der Waals surface area contributed by atoms with Crippen LogP contribution in [0.4, 0.5) is 5.69 Å². The Morgan fingerprint density at radius 3 is 2.61 bits per heavy atom. The summed E-state index contributed by atoms with van der Waals surface area (Å²) in [6, 6.07) is 13.1. The second-order valence-corrected chi connectivity index (χ2v) is 6.71. The maximum Gasteiger partial charge on any atom is 0.253 e. The minimum Gasteiger partial charge on any atom is -0.497 e. The quantitative estimate of drug-likeness (QED) is 0.712. The molecule has 0 saturated heterocycles. The molecule has 0 bridgehead atoms. The molecule has 1 aromatic heterocycles. The summed E-state index contributed by atoms with van der Waals surface area (Å²) in [7, 11) is 3.06. The van der Waals surface area contributed by atoms with E-state index in [2.05, 4.69) is 4.98 Å². The van der Waals surface area contributed by atoms with Gasteiger partial charge in [0.05, 0.1) is 19.2 Å². The zero-order chi connectivity index (χ0) is 20.3. The van der Waals surface area contributed by atoms with Crippen LogP contribution in [0.15, 0.2) is 47.3 Å². The molecule has 1 amide bonds. The van der Waals surface area contributed by atoms with Crippen LogP contribution in [0, 0.1) is 13.8 Å². The third kappa shape index (κ3) is 3.92. The van der Waals surface area contributed by atoms with Crippen molar-refractivity contribution in [3.8, 4) is 5.75 Å². The lowest BCUT2D eigenvalue weighted by Gasteiger charge is -2.25. The molecule has 0 unspecified atom stereocenters. The molecular weight excluding hydrogens is 356 g/mol. The number of aromatic nitrogens is 1. The number of aryl methyl sites for hydroxylation is 1. The van der Waals surface area contributed by atoms with E-state index in [1.54, 1.807) is 18.1 Å². The van der Waals surface area contributed by atoms with Gasteiger partial charge in [-0.2, -0.15) is 0 Å². The van der Waals surface area contributed by atoms with Crippen LogP contribution >= 0.6 is 0 Å². The number of hydrogen-bond donors (Lipinski definition) is 1. The molecule has 0 radical (unpaired) electrons. The lowest BCUT2D eigenvalue weighted by Crippen LogP contribution is -2.35. The van der Waals surface area contributed by atoms with Gasteiger partial charge in [0.2, 0.25) is 0 Å². The number of carbonyl (C=O) groups excluding carboxylic acids is 1. The van der Waals surface area contributed by atoms with Gasteiger partial charge in [-0.1, -0.05) is 12.1 Å². The average molecular weight is 380 g/mol. The molecule has 6 heteroatoms. The van der Waals surface area contributed by atoms with E-state index in [-0.39, 0.29) is 24.6 Å². The van der Waals surface area contributed by atoms with E-state index in [4.69, 9.17) is 9.47 Å². The summed E-state index contributed by atoms with van der Waals surface area (Å²) in [6.07, 6.45) is 0. The van der Waals surface area contributed by atoms with Crippen LogP contribution in [0.2, 0.25) is 0 Å². The lowest BCUT2D eigenvalue weighted by molar-refractivity contribution is -0.122. The molecule has 0 aliphatic carbocycles. The van der Waals surface area contributed by atoms with Crippen molar-refractivity contribution in [3.05, 3.63) is 69.5 Å². The average Bonchev–Trinajstić information content (AvgIpc) is 2.68. The SMILES string of the molecule is COCC(=O)N(Cc1cc2ccc(OC)cc2[nH]c1=O)c1cccc(C)c1C. The second-order valence-electron chi connectivity index (χ2n) is 6.71. The van der Waals surface area contributed by atoms with Gasteiger partial charge in [-0.25, -0.2) is 0 Å². The number of carbonyl (C=O) groups is 1. The number of amides is 1. The minimum absolute atomic E-state index is 0.0595. The van der Waals surface area contributed by atoms with Gasteiger partial charge in [-0.3, -0.25) is 9.59 Å². The molecule has 146 valence electrons. The Balaban J connectivity index is 2.05. The first-order valence-electron chi connectivity index (χ1n) is 9.00. The first-order valence-corrected chi connectivity index (χ1v) is 9.00. The summed E-state index contributed by atoms with van der Waals surface area (Å²) in [5.74, 6) is 0.466.